The van der Waals surface area contributed by atoms with Gasteiger partial charge in [0.15, 0.2) is 0 Å². The van der Waals surface area contributed by atoms with Gasteiger partial charge in [-0.05, 0) is 76.7 Å². The summed E-state index contributed by atoms with van der Waals surface area (Å²) < 4.78 is 1.23. The molecular weight excluding hydrogens is 332 g/mol. The molecule has 0 saturated heterocycles. The number of thiophene rings is 1. The molecule has 2 nitrogen and oxygen atoms in total. The molecule has 1 unspecified atom stereocenters. The van der Waals surface area contributed by atoms with Gasteiger partial charge in [-0.15, -0.1) is 11.3 Å². The quantitative estimate of drug-likeness (QED) is 0.602. The third-order valence-electron chi connectivity index (χ3n) is 4.88. The lowest BCUT2D eigenvalue weighted by atomic mass is 9.68. The molecule has 0 radical (unpaired) electrons. The first-order valence-electron chi connectivity index (χ1n) is 7.59. The average Bonchev–Trinajstić information content (AvgIpc) is 2.80. The second-order valence-corrected chi connectivity index (χ2v) is 9.00. The molecule has 1 atom stereocenters. The number of halogens is 1. The number of hydrazine groups is 1. The molecular formula is C16H27BrN2S. The van der Waals surface area contributed by atoms with Crippen molar-refractivity contribution in [3.05, 3.63) is 20.8 Å². The van der Waals surface area contributed by atoms with E-state index in [9.17, 15) is 0 Å². The summed E-state index contributed by atoms with van der Waals surface area (Å²) in [5.41, 5.74) is 3.53. The predicted octanol–water partition coefficient (Wildman–Crippen LogP) is 4.74. The van der Waals surface area contributed by atoms with Gasteiger partial charge in [-0.1, -0.05) is 20.8 Å². The molecule has 4 heteroatoms. The maximum atomic E-state index is 5.83. The fourth-order valence-electron chi connectivity index (χ4n) is 3.42. The van der Waals surface area contributed by atoms with Crippen molar-refractivity contribution in [3.8, 4) is 0 Å². The molecule has 1 aromatic heterocycles. The summed E-state index contributed by atoms with van der Waals surface area (Å²) in [7, 11) is 0. The second-order valence-electron chi connectivity index (χ2n) is 7.15. The first-order valence-corrected chi connectivity index (χ1v) is 9.27. The minimum absolute atomic E-state index is 0.408. The van der Waals surface area contributed by atoms with Crippen LogP contribution in [0.2, 0.25) is 0 Å². The molecule has 0 aliphatic heterocycles. The van der Waals surface area contributed by atoms with Crippen molar-refractivity contribution in [2.75, 3.05) is 0 Å². The van der Waals surface area contributed by atoms with Crippen LogP contribution in [0.5, 0.6) is 0 Å². The summed E-state index contributed by atoms with van der Waals surface area (Å²) in [6.45, 7) is 7.12. The summed E-state index contributed by atoms with van der Waals surface area (Å²) in [5.74, 6) is 7.41. The van der Waals surface area contributed by atoms with E-state index in [1.165, 1.54) is 35.0 Å². The zero-order valence-corrected chi connectivity index (χ0v) is 15.2. The molecule has 114 valence electrons. The number of hydrogen-bond donors (Lipinski definition) is 2. The fourth-order valence-corrected chi connectivity index (χ4v) is 4.99. The Balaban J connectivity index is 1.92. The van der Waals surface area contributed by atoms with Crippen molar-refractivity contribution in [1.29, 1.82) is 0 Å². The van der Waals surface area contributed by atoms with Crippen molar-refractivity contribution in [3.63, 3.8) is 0 Å². The molecule has 1 aromatic rings. The van der Waals surface area contributed by atoms with Gasteiger partial charge in [-0.2, -0.15) is 0 Å². The molecule has 1 fully saturated rings. The molecule has 20 heavy (non-hydrogen) atoms. The van der Waals surface area contributed by atoms with Gasteiger partial charge in [-0.25, -0.2) is 0 Å². The van der Waals surface area contributed by atoms with Gasteiger partial charge in [0, 0.05) is 15.4 Å². The van der Waals surface area contributed by atoms with Crippen molar-refractivity contribution in [2.24, 2.45) is 23.1 Å². The van der Waals surface area contributed by atoms with Gasteiger partial charge >= 0.3 is 0 Å². The van der Waals surface area contributed by atoms with Crippen LogP contribution in [-0.2, 0) is 6.42 Å². The standard InChI is InChI=1S/C16H27BrN2S/c1-16(2,3)12-6-4-11(5-7-12)14(19-18)10-15-13(17)8-9-20-15/h8-9,11-12,14,19H,4-7,10,18H2,1-3H3. The molecule has 0 bridgehead atoms. The van der Waals surface area contributed by atoms with E-state index < -0.39 is 0 Å². The third kappa shape index (κ3) is 4.06. The normalized spacial score (nSPS) is 25.6. The minimum Gasteiger partial charge on any atom is -0.271 e. The van der Waals surface area contributed by atoms with Gasteiger partial charge in [0.2, 0.25) is 0 Å². The molecule has 1 saturated carbocycles. The third-order valence-corrected chi connectivity index (χ3v) is 6.82. The van der Waals surface area contributed by atoms with Crippen molar-refractivity contribution in [1.82, 2.24) is 5.43 Å². The first kappa shape index (κ1) is 16.5. The first-order chi connectivity index (χ1) is 9.41. The van der Waals surface area contributed by atoms with Crippen LogP contribution in [0.4, 0.5) is 0 Å². The van der Waals surface area contributed by atoms with E-state index >= 15 is 0 Å². The lowest BCUT2D eigenvalue weighted by Gasteiger charge is -2.39. The maximum Gasteiger partial charge on any atom is 0.0314 e. The Labute approximate surface area is 135 Å². The van der Waals surface area contributed by atoms with Gasteiger partial charge in [-0.3, -0.25) is 11.3 Å². The van der Waals surface area contributed by atoms with Crippen LogP contribution in [0.15, 0.2) is 15.9 Å². The molecule has 2 rings (SSSR count). The van der Waals surface area contributed by atoms with Crippen molar-refractivity contribution >= 4 is 27.3 Å². The van der Waals surface area contributed by atoms with Crippen molar-refractivity contribution in [2.45, 2.75) is 58.9 Å². The highest BCUT2D eigenvalue weighted by molar-refractivity contribution is 9.10. The van der Waals surface area contributed by atoms with Crippen LogP contribution < -0.4 is 11.3 Å². The predicted molar refractivity (Wildman–Crippen MR) is 91.7 cm³/mol. The summed E-state index contributed by atoms with van der Waals surface area (Å²) in [6, 6.07) is 2.54. The number of nitrogens with two attached hydrogens (primary N) is 1. The number of rotatable bonds is 4. The molecule has 0 spiro atoms. The van der Waals surface area contributed by atoms with Crippen molar-refractivity contribution < 1.29 is 0 Å². The molecule has 0 aromatic carbocycles. The van der Waals surface area contributed by atoms with Crippen LogP contribution in [-0.4, -0.2) is 6.04 Å². The Hall–Kier alpha value is 0.1000. The Kier molecular flexibility index (Phi) is 5.69. The topological polar surface area (TPSA) is 38.0 Å². The molecule has 3 N–H and O–H groups in total. The summed E-state index contributed by atoms with van der Waals surface area (Å²) >= 11 is 5.45. The van der Waals surface area contributed by atoms with Gasteiger partial charge in [0.1, 0.15) is 0 Å². The minimum atomic E-state index is 0.408. The number of nitrogens with one attached hydrogen (secondary N) is 1. The highest BCUT2D eigenvalue weighted by Gasteiger charge is 2.32. The summed E-state index contributed by atoms with van der Waals surface area (Å²) in [6.07, 6.45) is 6.34. The highest BCUT2D eigenvalue weighted by atomic mass is 79.9. The summed E-state index contributed by atoms with van der Waals surface area (Å²) in [5, 5.41) is 2.14. The second kappa shape index (κ2) is 6.91. The Morgan fingerprint density at radius 2 is 2.00 bits per heavy atom. The number of hydrogen-bond acceptors (Lipinski definition) is 3. The molecule has 1 aliphatic rings. The van der Waals surface area contributed by atoms with Gasteiger partial charge in [0.05, 0.1) is 0 Å². The molecule has 0 amide bonds. The molecule has 1 aliphatic carbocycles. The van der Waals surface area contributed by atoms with E-state index in [-0.39, 0.29) is 0 Å². The van der Waals surface area contributed by atoms with Crippen LogP contribution in [0.25, 0.3) is 0 Å². The summed E-state index contributed by atoms with van der Waals surface area (Å²) in [4.78, 5) is 1.41. The van der Waals surface area contributed by atoms with E-state index in [2.05, 4.69) is 53.6 Å². The van der Waals surface area contributed by atoms with Crippen LogP contribution in [0, 0.1) is 17.3 Å². The average molecular weight is 359 g/mol. The lowest BCUT2D eigenvalue weighted by Crippen LogP contribution is -2.44. The zero-order chi connectivity index (χ0) is 14.8. The van der Waals surface area contributed by atoms with E-state index in [0.29, 0.717) is 17.4 Å². The van der Waals surface area contributed by atoms with Crippen LogP contribution in [0.3, 0.4) is 0 Å². The van der Waals surface area contributed by atoms with E-state index in [4.69, 9.17) is 5.84 Å². The SMILES string of the molecule is CC(C)(C)C1CCC(C(Cc2sccc2Br)NN)CC1. The Morgan fingerprint density at radius 3 is 2.45 bits per heavy atom. The van der Waals surface area contributed by atoms with E-state index in [1.54, 1.807) is 0 Å². The lowest BCUT2D eigenvalue weighted by molar-refractivity contribution is 0.132. The largest absolute Gasteiger partial charge is 0.271 e. The van der Waals surface area contributed by atoms with Crippen LogP contribution >= 0.6 is 27.3 Å². The van der Waals surface area contributed by atoms with Gasteiger partial charge in [0.25, 0.3) is 0 Å². The highest BCUT2D eigenvalue weighted by Crippen LogP contribution is 2.41. The van der Waals surface area contributed by atoms with Gasteiger partial charge < -0.3 is 0 Å². The van der Waals surface area contributed by atoms with E-state index in [0.717, 1.165) is 12.3 Å². The molecule has 1 heterocycles. The fraction of sp³-hybridized carbons (Fsp3) is 0.750. The maximum absolute atomic E-state index is 5.83. The smallest absolute Gasteiger partial charge is 0.0314 e. The van der Waals surface area contributed by atoms with Crippen LogP contribution in [0.1, 0.15) is 51.3 Å². The Bertz CT molecular complexity index is 416. The monoisotopic (exact) mass is 358 g/mol. The van der Waals surface area contributed by atoms with E-state index in [1.807, 2.05) is 11.3 Å². The zero-order valence-electron chi connectivity index (χ0n) is 12.8. The Morgan fingerprint density at radius 1 is 1.35 bits per heavy atom.